The molecule has 1 rings (SSSR count). The molecule has 0 bridgehead atoms. The van der Waals surface area contributed by atoms with Crippen molar-refractivity contribution in [2.24, 2.45) is 5.41 Å². The highest BCUT2D eigenvalue weighted by atomic mass is 79.9. The molecule has 0 atom stereocenters. The molecule has 5 heteroatoms. The number of carbonyl (C=O) groups is 1. The summed E-state index contributed by atoms with van der Waals surface area (Å²) < 4.78 is 0.863. The third kappa shape index (κ3) is 3.80. The SMILES string of the molecule is CCCC(C#N)(CCC)C(=O)Nc1ncc(Br)cc1C. The van der Waals surface area contributed by atoms with Crippen molar-refractivity contribution in [3.05, 3.63) is 22.3 Å². The Balaban J connectivity index is 2.99. The number of anilines is 1. The highest BCUT2D eigenvalue weighted by Gasteiger charge is 2.37. The maximum atomic E-state index is 12.5. The van der Waals surface area contributed by atoms with Crippen molar-refractivity contribution in [2.45, 2.75) is 46.5 Å². The summed E-state index contributed by atoms with van der Waals surface area (Å²) >= 11 is 3.34. The number of pyridine rings is 1. The molecule has 1 aromatic rings. The molecule has 108 valence electrons. The molecule has 1 heterocycles. The summed E-state index contributed by atoms with van der Waals surface area (Å²) in [6, 6.07) is 4.10. The second-order valence-electron chi connectivity index (χ2n) is 4.97. The van der Waals surface area contributed by atoms with Crippen LogP contribution in [0.25, 0.3) is 0 Å². The van der Waals surface area contributed by atoms with Gasteiger partial charge < -0.3 is 5.32 Å². The van der Waals surface area contributed by atoms with Gasteiger partial charge in [-0.3, -0.25) is 4.79 Å². The molecule has 0 fully saturated rings. The lowest BCUT2D eigenvalue weighted by Gasteiger charge is -2.24. The van der Waals surface area contributed by atoms with Crippen LogP contribution < -0.4 is 5.32 Å². The van der Waals surface area contributed by atoms with Gasteiger partial charge in [-0.2, -0.15) is 5.26 Å². The van der Waals surface area contributed by atoms with Crippen LogP contribution in [-0.2, 0) is 4.79 Å². The Bertz CT molecular complexity index is 516. The van der Waals surface area contributed by atoms with Crippen LogP contribution in [0.2, 0.25) is 0 Å². The fraction of sp³-hybridized carbons (Fsp3) is 0.533. The molecule has 0 aromatic carbocycles. The summed E-state index contributed by atoms with van der Waals surface area (Å²) in [5.41, 5.74) is -0.0856. The maximum absolute atomic E-state index is 12.5. The summed E-state index contributed by atoms with van der Waals surface area (Å²) in [4.78, 5) is 16.7. The Hall–Kier alpha value is -1.41. The first-order chi connectivity index (χ1) is 9.49. The van der Waals surface area contributed by atoms with E-state index >= 15 is 0 Å². The maximum Gasteiger partial charge on any atom is 0.246 e. The summed E-state index contributed by atoms with van der Waals surface area (Å²) in [6.45, 7) is 5.84. The van der Waals surface area contributed by atoms with Crippen LogP contribution in [-0.4, -0.2) is 10.9 Å². The number of carbonyl (C=O) groups excluding carboxylic acids is 1. The Morgan fingerprint density at radius 3 is 2.50 bits per heavy atom. The third-order valence-electron chi connectivity index (χ3n) is 3.28. The fourth-order valence-electron chi connectivity index (χ4n) is 2.27. The van der Waals surface area contributed by atoms with Crippen molar-refractivity contribution < 1.29 is 4.79 Å². The second kappa shape index (κ2) is 7.39. The van der Waals surface area contributed by atoms with Crippen molar-refractivity contribution >= 4 is 27.7 Å². The summed E-state index contributed by atoms with van der Waals surface area (Å²) in [5.74, 6) is 0.270. The standard InChI is InChI=1S/C15H20BrN3O/c1-4-6-15(10-17,7-5-2)14(20)19-13-11(3)8-12(16)9-18-13/h8-9H,4-7H2,1-3H3,(H,18,19,20). The molecule has 0 aliphatic carbocycles. The number of aryl methyl sites for hydroxylation is 1. The Kier molecular flexibility index (Phi) is 6.15. The minimum absolute atomic E-state index is 0.248. The van der Waals surface area contributed by atoms with Gasteiger partial charge in [0.2, 0.25) is 5.91 Å². The summed E-state index contributed by atoms with van der Waals surface area (Å²) in [7, 11) is 0. The van der Waals surface area contributed by atoms with Gasteiger partial charge in [-0.05, 0) is 47.3 Å². The number of hydrogen-bond donors (Lipinski definition) is 1. The van der Waals surface area contributed by atoms with Crippen molar-refractivity contribution in [3.63, 3.8) is 0 Å². The van der Waals surface area contributed by atoms with E-state index in [0.717, 1.165) is 22.9 Å². The minimum atomic E-state index is -0.954. The van der Waals surface area contributed by atoms with E-state index in [1.165, 1.54) is 0 Å². The second-order valence-corrected chi connectivity index (χ2v) is 5.88. The van der Waals surface area contributed by atoms with Gasteiger partial charge in [0.15, 0.2) is 0 Å². The van der Waals surface area contributed by atoms with E-state index in [1.807, 2.05) is 26.8 Å². The van der Waals surface area contributed by atoms with Gasteiger partial charge in [0, 0.05) is 10.7 Å². The van der Waals surface area contributed by atoms with E-state index < -0.39 is 5.41 Å². The van der Waals surface area contributed by atoms with Crippen LogP contribution in [0.3, 0.4) is 0 Å². The lowest BCUT2D eigenvalue weighted by atomic mass is 9.80. The number of aromatic nitrogens is 1. The molecule has 0 unspecified atom stereocenters. The molecule has 20 heavy (non-hydrogen) atoms. The highest BCUT2D eigenvalue weighted by Crippen LogP contribution is 2.31. The quantitative estimate of drug-likeness (QED) is 0.845. The molecule has 0 spiro atoms. The molecule has 0 radical (unpaired) electrons. The molecule has 0 saturated heterocycles. The Morgan fingerprint density at radius 2 is 2.05 bits per heavy atom. The molecule has 4 nitrogen and oxygen atoms in total. The third-order valence-corrected chi connectivity index (χ3v) is 3.71. The van der Waals surface area contributed by atoms with E-state index in [2.05, 4.69) is 32.3 Å². The zero-order valence-corrected chi connectivity index (χ0v) is 13.7. The molecular weight excluding hydrogens is 318 g/mol. The lowest BCUT2D eigenvalue weighted by Crippen LogP contribution is -2.35. The van der Waals surface area contributed by atoms with Gasteiger partial charge in [-0.1, -0.05) is 26.7 Å². The molecule has 1 amide bonds. The monoisotopic (exact) mass is 337 g/mol. The average Bonchev–Trinajstić information content (AvgIpc) is 2.41. The van der Waals surface area contributed by atoms with E-state index in [4.69, 9.17) is 0 Å². The number of nitrogens with zero attached hydrogens (tertiary/aromatic N) is 2. The summed E-state index contributed by atoms with van der Waals surface area (Å²) in [5, 5.41) is 12.3. The zero-order valence-electron chi connectivity index (χ0n) is 12.2. The highest BCUT2D eigenvalue weighted by molar-refractivity contribution is 9.10. The Morgan fingerprint density at radius 1 is 1.45 bits per heavy atom. The van der Waals surface area contributed by atoms with Gasteiger partial charge in [0.05, 0.1) is 6.07 Å². The molecule has 0 aliphatic heterocycles. The van der Waals surface area contributed by atoms with Crippen LogP contribution in [0, 0.1) is 23.7 Å². The van der Waals surface area contributed by atoms with Crippen molar-refractivity contribution in [3.8, 4) is 6.07 Å². The Labute approximate surface area is 128 Å². The van der Waals surface area contributed by atoms with Gasteiger partial charge in [-0.15, -0.1) is 0 Å². The van der Waals surface area contributed by atoms with Crippen molar-refractivity contribution in [2.75, 3.05) is 5.32 Å². The van der Waals surface area contributed by atoms with Gasteiger partial charge in [0.1, 0.15) is 11.2 Å². The van der Waals surface area contributed by atoms with Crippen molar-refractivity contribution in [1.29, 1.82) is 5.26 Å². The van der Waals surface area contributed by atoms with Crippen LogP contribution in [0.4, 0.5) is 5.82 Å². The normalized spacial score (nSPS) is 10.9. The fourth-order valence-corrected chi connectivity index (χ4v) is 2.71. The molecule has 0 saturated carbocycles. The number of hydrogen-bond acceptors (Lipinski definition) is 3. The van der Waals surface area contributed by atoms with Gasteiger partial charge in [-0.25, -0.2) is 4.98 Å². The summed E-state index contributed by atoms with van der Waals surface area (Å²) in [6.07, 6.45) is 4.37. The number of halogens is 1. The number of amides is 1. The van der Waals surface area contributed by atoms with Crippen LogP contribution in [0.5, 0.6) is 0 Å². The zero-order chi connectivity index (χ0) is 15.2. The molecular formula is C15H20BrN3O. The van der Waals surface area contributed by atoms with Crippen LogP contribution in [0.1, 0.15) is 45.1 Å². The first-order valence-electron chi connectivity index (χ1n) is 6.84. The van der Waals surface area contributed by atoms with E-state index in [9.17, 15) is 10.1 Å². The topological polar surface area (TPSA) is 65.8 Å². The van der Waals surface area contributed by atoms with Gasteiger partial charge in [0.25, 0.3) is 0 Å². The van der Waals surface area contributed by atoms with E-state index in [1.54, 1.807) is 6.20 Å². The molecule has 0 aliphatic rings. The smallest absolute Gasteiger partial charge is 0.246 e. The molecule has 1 aromatic heterocycles. The van der Waals surface area contributed by atoms with Crippen LogP contribution >= 0.6 is 15.9 Å². The van der Waals surface area contributed by atoms with Crippen LogP contribution in [0.15, 0.2) is 16.7 Å². The first-order valence-corrected chi connectivity index (χ1v) is 7.63. The number of rotatable bonds is 6. The predicted molar refractivity (Wildman–Crippen MR) is 83.2 cm³/mol. The minimum Gasteiger partial charge on any atom is -0.309 e. The lowest BCUT2D eigenvalue weighted by molar-refractivity contribution is -0.123. The average molecular weight is 338 g/mol. The molecule has 1 N–H and O–H groups in total. The van der Waals surface area contributed by atoms with Crippen molar-refractivity contribution in [1.82, 2.24) is 4.98 Å². The first kappa shape index (κ1) is 16.6. The predicted octanol–water partition coefficient (Wildman–Crippen LogP) is 4.20. The van der Waals surface area contributed by atoms with E-state index in [-0.39, 0.29) is 5.91 Å². The number of nitrogens with one attached hydrogen (secondary N) is 1. The van der Waals surface area contributed by atoms with Gasteiger partial charge >= 0.3 is 0 Å². The van der Waals surface area contributed by atoms with E-state index in [0.29, 0.717) is 18.7 Å². The largest absolute Gasteiger partial charge is 0.309 e. The number of nitriles is 1.